The summed E-state index contributed by atoms with van der Waals surface area (Å²) in [6, 6.07) is 11.5. The monoisotopic (exact) mass is 561 g/mol. The second kappa shape index (κ2) is 10.7. The Morgan fingerprint density at radius 1 is 1.05 bits per heavy atom. The van der Waals surface area contributed by atoms with E-state index in [0.717, 1.165) is 28.8 Å². The molecule has 10 heteroatoms. The molecule has 0 fully saturated rings. The summed E-state index contributed by atoms with van der Waals surface area (Å²) in [4.78, 5) is 45.2. The minimum atomic E-state index is -1.02. The molecule has 1 aromatic heterocycles. The van der Waals surface area contributed by atoms with Crippen molar-refractivity contribution in [2.24, 2.45) is 5.41 Å². The summed E-state index contributed by atoms with van der Waals surface area (Å²) < 4.78 is 28.1. The standard InChI is InChI=1S/C31H33F2N5O3/c1-30(2,3)29(41)38(16-21-12-25(33)24(32)11-20(21)15-34-4)17-26(39)36-22-8-7-18-13-31(14-19(18)10-22)23-6-5-9-35-27(23)37-28(31)40/h5-12,34H,13-17H2,1-4H3,(H,36,39)(H,35,37,40). The first-order valence-corrected chi connectivity index (χ1v) is 13.5. The van der Waals surface area contributed by atoms with Crippen molar-refractivity contribution in [1.82, 2.24) is 15.2 Å². The van der Waals surface area contributed by atoms with Crippen LogP contribution in [0.25, 0.3) is 0 Å². The zero-order chi connectivity index (χ0) is 29.5. The van der Waals surface area contributed by atoms with Crippen LogP contribution in [0.15, 0.2) is 48.7 Å². The second-order valence-electron chi connectivity index (χ2n) is 11.8. The number of carbonyl (C=O) groups excluding carboxylic acids is 3. The minimum Gasteiger partial charge on any atom is -0.329 e. The molecule has 5 rings (SSSR count). The Morgan fingerprint density at radius 2 is 1.76 bits per heavy atom. The van der Waals surface area contributed by atoms with Crippen LogP contribution >= 0.6 is 0 Å². The lowest BCUT2D eigenvalue weighted by molar-refractivity contribution is -0.142. The van der Waals surface area contributed by atoms with E-state index in [9.17, 15) is 23.2 Å². The topological polar surface area (TPSA) is 103 Å². The smallest absolute Gasteiger partial charge is 0.244 e. The normalized spacial score (nSPS) is 17.3. The number of anilines is 2. The van der Waals surface area contributed by atoms with E-state index in [1.165, 1.54) is 4.90 Å². The van der Waals surface area contributed by atoms with Gasteiger partial charge in [-0.15, -0.1) is 0 Å². The molecule has 1 atom stereocenters. The third kappa shape index (κ3) is 5.44. The third-order valence-corrected chi connectivity index (χ3v) is 7.70. The van der Waals surface area contributed by atoms with Gasteiger partial charge in [0.05, 0.1) is 5.41 Å². The number of amides is 3. The fourth-order valence-corrected chi connectivity index (χ4v) is 5.73. The first kappa shape index (κ1) is 28.4. The molecule has 1 spiro atoms. The molecular weight excluding hydrogens is 528 g/mol. The zero-order valence-corrected chi connectivity index (χ0v) is 23.5. The summed E-state index contributed by atoms with van der Waals surface area (Å²) in [5, 5.41) is 8.68. The quantitative estimate of drug-likeness (QED) is 0.404. The molecule has 214 valence electrons. The van der Waals surface area contributed by atoms with E-state index in [1.54, 1.807) is 40.1 Å². The molecule has 3 amide bonds. The van der Waals surface area contributed by atoms with Gasteiger partial charge in [0.25, 0.3) is 0 Å². The minimum absolute atomic E-state index is 0.0625. The van der Waals surface area contributed by atoms with Crippen molar-refractivity contribution in [2.45, 2.75) is 52.1 Å². The van der Waals surface area contributed by atoms with Crippen molar-refractivity contribution in [1.29, 1.82) is 0 Å². The first-order valence-electron chi connectivity index (χ1n) is 13.5. The van der Waals surface area contributed by atoms with Crippen molar-refractivity contribution >= 4 is 29.2 Å². The van der Waals surface area contributed by atoms with Gasteiger partial charge in [-0.2, -0.15) is 0 Å². The Hall–Kier alpha value is -4.18. The molecule has 2 heterocycles. The van der Waals surface area contributed by atoms with Gasteiger partial charge in [-0.3, -0.25) is 14.4 Å². The van der Waals surface area contributed by atoms with Crippen molar-refractivity contribution in [3.05, 3.63) is 88.1 Å². The summed E-state index contributed by atoms with van der Waals surface area (Å²) in [5.41, 5.74) is 2.78. The van der Waals surface area contributed by atoms with Gasteiger partial charge in [0.1, 0.15) is 12.4 Å². The van der Waals surface area contributed by atoms with Crippen LogP contribution in [0, 0.1) is 17.0 Å². The number of carbonyl (C=O) groups is 3. The Kier molecular flexibility index (Phi) is 7.37. The highest BCUT2D eigenvalue weighted by Crippen LogP contribution is 2.46. The maximum atomic E-state index is 14.2. The predicted octanol–water partition coefficient (Wildman–Crippen LogP) is 4.08. The molecule has 0 bridgehead atoms. The number of nitrogens with zero attached hydrogens (tertiary/aromatic N) is 2. The molecule has 8 nitrogen and oxygen atoms in total. The van der Waals surface area contributed by atoms with Gasteiger partial charge in [0, 0.05) is 36.0 Å². The fourth-order valence-electron chi connectivity index (χ4n) is 5.73. The first-order chi connectivity index (χ1) is 19.4. The zero-order valence-electron chi connectivity index (χ0n) is 23.5. The van der Waals surface area contributed by atoms with Gasteiger partial charge >= 0.3 is 0 Å². The van der Waals surface area contributed by atoms with Crippen LogP contribution in [0.4, 0.5) is 20.3 Å². The van der Waals surface area contributed by atoms with E-state index in [-0.39, 0.29) is 31.4 Å². The number of fused-ring (bicyclic) bond motifs is 3. The summed E-state index contributed by atoms with van der Waals surface area (Å²) >= 11 is 0. The van der Waals surface area contributed by atoms with Crippen molar-refractivity contribution in [3.63, 3.8) is 0 Å². The molecule has 0 saturated heterocycles. The SMILES string of the molecule is CNCc1cc(F)c(F)cc1CN(CC(=O)Nc1ccc2c(c1)CC1(C2)C(=O)Nc2ncccc21)C(=O)C(C)(C)C. The van der Waals surface area contributed by atoms with Crippen LogP contribution in [0.1, 0.15) is 48.6 Å². The molecule has 0 saturated carbocycles. The molecule has 1 unspecified atom stereocenters. The Labute approximate surface area is 237 Å². The summed E-state index contributed by atoms with van der Waals surface area (Å²) in [7, 11) is 1.68. The molecule has 3 aromatic rings. The second-order valence-corrected chi connectivity index (χ2v) is 11.8. The molecule has 2 aromatic carbocycles. The molecule has 0 radical (unpaired) electrons. The number of hydrogen-bond donors (Lipinski definition) is 3. The lowest BCUT2D eigenvalue weighted by atomic mass is 9.79. The van der Waals surface area contributed by atoms with Crippen LogP contribution in [0.2, 0.25) is 0 Å². The molecule has 2 aliphatic rings. The van der Waals surface area contributed by atoms with Crippen LogP contribution in [0.5, 0.6) is 0 Å². The van der Waals surface area contributed by atoms with Gasteiger partial charge in [-0.05, 0) is 72.5 Å². The number of rotatable bonds is 7. The molecule has 3 N–H and O–H groups in total. The third-order valence-electron chi connectivity index (χ3n) is 7.70. The van der Waals surface area contributed by atoms with Gasteiger partial charge in [0.15, 0.2) is 11.6 Å². The number of nitrogens with one attached hydrogen (secondary N) is 3. The van der Waals surface area contributed by atoms with Gasteiger partial charge in [0.2, 0.25) is 17.7 Å². The maximum absolute atomic E-state index is 14.2. The number of halogens is 2. The lowest BCUT2D eigenvalue weighted by Crippen LogP contribution is -2.43. The predicted molar refractivity (Wildman–Crippen MR) is 151 cm³/mol. The van der Waals surface area contributed by atoms with Crippen LogP contribution in [0.3, 0.4) is 0 Å². The number of benzene rings is 2. The Balaban J connectivity index is 1.34. The number of aromatic nitrogens is 1. The van der Waals surface area contributed by atoms with Crippen molar-refractivity contribution in [2.75, 3.05) is 24.2 Å². The van der Waals surface area contributed by atoms with Crippen molar-refractivity contribution in [3.8, 4) is 0 Å². The maximum Gasteiger partial charge on any atom is 0.244 e. The molecule has 1 aliphatic carbocycles. The van der Waals surface area contributed by atoms with Gasteiger partial charge in [-0.1, -0.05) is 32.9 Å². The van der Waals surface area contributed by atoms with Crippen molar-refractivity contribution < 1.29 is 23.2 Å². The largest absolute Gasteiger partial charge is 0.329 e. The van der Waals surface area contributed by atoms with E-state index >= 15 is 0 Å². The lowest BCUT2D eigenvalue weighted by Gasteiger charge is -2.30. The highest BCUT2D eigenvalue weighted by molar-refractivity contribution is 6.06. The summed E-state index contributed by atoms with van der Waals surface area (Å²) in [6.07, 6.45) is 2.67. The molecular formula is C31H33F2N5O3. The Morgan fingerprint density at radius 3 is 2.46 bits per heavy atom. The van der Waals surface area contributed by atoms with Crippen LogP contribution in [-0.4, -0.2) is 41.2 Å². The summed E-state index contributed by atoms with van der Waals surface area (Å²) in [6.45, 7) is 5.14. The fraction of sp³-hybridized carbons (Fsp3) is 0.355. The van der Waals surface area contributed by atoms with E-state index in [2.05, 4.69) is 20.9 Å². The number of pyridine rings is 1. The van der Waals surface area contributed by atoms with E-state index in [1.807, 2.05) is 24.3 Å². The molecule has 1 aliphatic heterocycles. The average molecular weight is 562 g/mol. The van der Waals surface area contributed by atoms with Crippen LogP contribution in [-0.2, 0) is 45.7 Å². The Bertz CT molecular complexity index is 1550. The molecule has 41 heavy (non-hydrogen) atoms. The highest BCUT2D eigenvalue weighted by Gasteiger charge is 2.51. The van der Waals surface area contributed by atoms with Gasteiger partial charge < -0.3 is 20.9 Å². The number of hydrogen-bond acceptors (Lipinski definition) is 5. The van der Waals surface area contributed by atoms with E-state index in [4.69, 9.17) is 0 Å². The highest BCUT2D eigenvalue weighted by atomic mass is 19.2. The average Bonchev–Trinajstić information content (AvgIpc) is 3.42. The van der Waals surface area contributed by atoms with Crippen LogP contribution < -0.4 is 16.0 Å². The van der Waals surface area contributed by atoms with E-state index in [0.29, 0.717) is 35.5 Å². The van der Waals surface area contributed by atoms with E-state index < -0.39 is 28.4 Å². The van der Waals surface area contributed by atoms with Gasteiger partial charge in [-0.25, -0.2) is 13.8 Å². The summed E-state index contributed by atoms with van der Waals surface area (Å²) in [5.74, 6) is -2.22.